The van der Waals surface area contributed by atoms with E-state index in [-0.39, 0.29) is 5.92 Å². The minimum absolute atomic E-state index is 0.0464. The third-order valence-electron chi connectivity index (χ3n) is 2.30. The fourth-order valence-corrected chi connectivity index (χ4v) is 1.36. The van der Waals surface area contributed by atoms with E-state index in [1.54, 1.807) is 0 Å². The molecule has 0 spiro atoms. The van der Waals surface area contributed by atoms with Crippen molar-refractivity contribution >= 4 is 5.97 Å². The normalized spacial score (nSPS) is 14.7. The number of carboxylic acids is 1. The van der Waals surface area contributed by atoms with Gasteiger partial charge in [0.25, 0.3) is 0 Å². The van der Waals surface area contributed by atoms with Gasteiger partial charge in [0.05, 0.1) is 0 Å². The Morgan fingerprint density at radius 3 is 2.50 bits per heavy atom. The largest absolute Gasteiger partial charge is 0.480 e. The molecule has 1 aromatic rings. The SMILES string of the molecule is C[C@H](Cc1ccccc1)C(N)C(=O)O. The van der Waals surface area contributed by atoms with Crippen molar-refractivity contribution in [3.05, 3.63) is 35.9 Å². The number of aliphatic carboxylic acids is 1. The maximum Gasteiger partial charge on any atom is 0.320 e. The van der Waals surface area contributed by atoms with Crippen LogP contribution in [0.25, 0.3) is 0 Å². The third-order valence-corrected chi connectivity index (χ3v) is 2.30. The van der Waals surface area contributed by atoms with Gasteiger partial charge in [-0.05, 0) is 17.9 Å². The highest BCUT2D eigenvalue weighted by atomic mass is 16.4. The number of benzene rings is 1. The van der Waals surface area contributed by atoms with Crippen LogP contribution in [0.3, 0.4) is 0 Å². The second kappa shape index (κ2) is 4.77. The van der Waals surface area contributed by atoms with E-state index in [4.69, 9.17) is 10.8 Å². The minimum Gasteiger partial charge on any atom is -0.480 e. The smallest absolute Gasteiger partial charge is 0.320 e. The van der Waals surface area contributed by atoms with Crippen LogP contribution in [0.5, 0.6) is 0 Å². The van der Waals surface area contributed by atoms with Crippen LogP contribution in [0.15, 0.2) is 30.3 Å². The molecule has 14 heavy (non-hydrogen) atoms. The molecule has 0 amide bonds. The Morgan fingerprint density at radius 1 is 1.43 bits per heavy atom. The third kappa shape index (κ3) is 2.85. The lowest BCUT2D eigenvalue weighted by Crippen LogP contribution is -2.37. The van der Waals surface area contributed by atoms with E-state index >= 15 is 0 Å². The molecule has 0 heterocycles. The predicted octanol–water partition coefficient (Wildman–Crippen LogP) is 1.28. The maximum atomic E-state index is 10.6. The molecule has 2 atom stereocenters. The summed E-state index contributed by atoms with van der Waals surface area (Å²) in [5.74, 6) is -0.983. The van der Waals surface area contributed by atoms with Crippen LogP contribution in [0.1, 0.15) is 12.5 Å². The highest BCUT2D eigenvalue weighted by Gasteiger charge is 2.19. The lowest BCUT2D eigenvalue weighted by molar-refractivity contribution is -0.139. The number of carbonyl (C=O) groups is 1. The molecule has 0 fully saturated rings. The van der Waals surface area contributed by atoms with E-state index < -0.39 is 12.0 Å². The van der Waals surface area contributed by atoms with Gasteiger partial charge in [-0.15, -0.1) is 0 Å². The first kappa shape index (κ1) is 10.7. The lowest BCUT2D eigenvalue weighted by Gasteiger charge is -2.15. The van der Waals surface area contributed by atoms with Crippen LogP contribution in [-0.4, -0.2) is 17.1 Å². The molecule has 3 N–H and O–H groups in total. The van der Waals surface area contributed by atoms with Gasteiger partial charge >= 0.3 is 5.97 Å². The zero-order valence-electron chi connectivity index (χ0n) is 8.18. The Bertz CT molecular complexity index is 297. The number of carboxylic acid groups (broad SMARTS) is 1. The Labute approximate surface area is 83.6 Å². The molecule has 0 saturated heterocycles. The molecule has 0 aliphatic rings. The summed E-state index contributed by atoms with van der Waals surface area (Å²) in [7, 11) is 0. The number of rotatable bonds is 4. The van der Waals surface area contributed by atoms with E-state index in [1.807, 2.05) is 37.3 Å². The van der Waals surface area contributed by atoms with Crippen LogP contribution in [0, 0.1) is 5.92 Å². The van der Waals surface area contributed by atoms with Gasteiger partial charge in [-0.2, -0.15) is 0 Å². The maximum absolute atomic E-state index is 10.6. The molecule has 0 aliphatic carbocycles. The molecule has 0 saturated carbocycles. The van der Waals surface area contributed by atoms with Crippen LogP contribution < -0.4 is 5.73 Å². The monoisotopic (exact) mass is 193 g/mol. The molecule has 1 unspecified atom stereocenters. The first-order chi connectivity index (χ1) is 6.61. The second-order valence-corrected chi connectivity index (χ2v) is 3.53. The van der Waals surface area contributed by atoms with Gasteiger partial charge in [0, 0.05) is 0 Å². The number of hydrogen-bond donors (Lipinski definition) is 2. The van der Waals surface area contributed by atoms with Crippen molar-refractivity contribution in [2.24, 2.45) is 11.7 Å². The fraction of sp³-hybridized carbons (Fsp3) is 0.364. The summed E-state index contributed by atoms with van der Waals surface area (Å²) in [6.45, 7) is 1.85. The van der Waals surface area contributed by atoms with Gasteiger partial charge < -0.3 is 10.8 Å². The van der Waals surface area contributed by atoms with Crippen molar-refractivity contribution < 1.29 is 9.90 Å². The van der Waals surface area contributed by atoms with Gasteiger partial charge in [-0.3, -0.25) is 4.79 Å². The Morgan fingerprint density at radius 2 is 2.00 bits per heavy atom. The molecule has 0 aliphatic heterocycles. The summed E-state index contributed by atoms with van der Waals surface area (Å²) in [4.78, 5) is 10.6. The summed E-state index contributed by atoms with van der Waals surface area (Å²) in [6.07, 6.45) is 0.703. The van der Waals surface area contributed by atoms with E-state index in [0.717, 1.165) is 5.56 Å². The summed E-state index contributed by atoms with van der Waals surface area (Å²) in [5.41, 5.74) is 6.63. The van der Waals surface area contributed by atoms with E-state index in [1.165, 1.54) is 0 Å². The summed E-state index contributed by atoms with van der Waals surface area (Å²) in [6, 6.07) is 8.99. The Hall–Kier alpha value is -1.35. The average molecular weight is 193 g/mol. The van der Waals surface area contributed by atoms with Gasteiger partial charge in [-0.1, -0.05) is 37.3 Å². The molecule has 3 heteroatoms. The topological polar surface area (TPSA) is 63.3 Å². The first-order valence-corrected chi connectivity index (χ1v) is 4.63. The molecule has 3 nitrogen and oxygen atoms in total. The van der Waals surface area contributed by atoms with Crippen LogP contribution in [0.4, 0.5) is 0 Å². The molecular formula is C11H15NO2. The number of hydrogen-bond acceptors (Lipinski definition) is 2. The van der Waals surface area contributed by atoms with E-state index in [0.29, 0.717) is 6.42 Å². The molecule has 0 bridgehead atoms. The fourth-order valence-electron chi connectivity index (χ4n) is 1.36. The van der Waals surface area contributed by atoms with Gasteiger partial charge in [0.15, 0.2) is 0 Å². The Balaban J connectivity index is 2.57. The van der Waals surface area contributed by atoms with Crippen molar-refractivity contribution in [3.63, 3.8) is 0 Å². The molecule has 1 aromatic carbocycles. The van der Waals surface area contributed by atoms with Crippen molar-refractivity contribution in [1.29, 1.82) is 0 Å². The van der Waals surface area contributed by atoms with E-state index in [2.05, 4.69) is 0 Å². The summed E-state index contributed by atoms with van der Waals surface area (Å²) in [5, 5.41) is 8.71. The van der Waals surface area contributed by atoms with Crippen molar-refractivity contribution in [3.8, 4) is 0 Å². The molecule has 76 valence electrons. The molecule has 0 radical (unpaired) electrons. The minimum atomic E-state index is -0.937. The second-order valence-electron chi connectivity index (χ2n) is 3.53. The quantitative estimate of drug-likeness (QED) is 0.757. The van der Waals surface area contributed by atoms with Crippen LogP contribution >= 0.6 is 0 Å². The van der Waals surface area contributed by atoms with Gasteiger partial charge in [0.1, 0.15) is 6.04 Å². The van der Waals surface area contributed by atoms with Crippen LogP contribution in [0.2, 0.25) is 0 Å². The van der Waals surface area contributed by atoms with Crippen molar-refractivity contribution in [2.45, 2.75) is 19.4 Å². The number of nitrogens with two attached hydrogens (primary N) is 1. The molecular weight excluding hydrogens is 178 g/mol. The standard InChI is InChI=1S/C11H15NO2/c1-8(10(12)11(13)14)7-9-5-3-2-4-6-9/h2-6,8,10H,7,12H2,1H3,(H,13,14)/t8-,10?/m1/s1. The zero-order valence-corrected chi connectivity index (χ0v) is 8.18. The Kier molecular flexibility index (Phi) is 3.65. The summed E-state index contributed by atoms with van der Waals surface area (Å²) >= 11 is 0. The highest BCUT2D eigenvalue weighted by molar-refractivity contribution is 5.73. The lowest BCUT2D eigenvalue weighted by atomic mass is 9.95. The molecule has 1 rings (SSSR count). The molecule has 0 aromatic heterocycles. The van der Waals surface area contributed by atoms with E-state index in [9.17, 15) is 4.79 Å². The van der Waals surface area contributed by atoms with Crippen LogP contribution in [-0.2, 0) is 11.2 Å². The average Bonchev–Trinajstić information content (AvgIpc) is 2.18. The predicted molar refractivity (Wildman–Crippen MR) is 54.9 cm³/mol. The van der Waals surface area contributed by atoms with Crippen molar-refractivity contribution in [1.82, 2.24) is 0 Å². The zero-order chi connectivity index (χ0) is 10.6. The first-order valence-electron chi connectivity index (χ1n) is 4.63. The van der Waals surface area contributed by atoms with Gasteiger partial charge in [0.2, 0.25) is 0 Å². The van der Waals surface area contributed by atoms with Crippen molar-refractivity contribution in [2.75, 3.05) is 0 Å². The highest BCUT2D eigenvalue weighted by Crippen LogP contribution is 2.10. The van der Waals surface area contributed by atoms with Gasteiger partial charge in [-0.25, -0.2) is 0 Å². The summed E-state index contributed by atoms with van der Waals surface area (Å²) < 4.78 is 0.